The van der Waals surface area contributed by atoms with Crippen molar-refractivity contribution < 1.29 is 4.79 Å². The largest absolute Gasteiger partial charge is 0.368 e. The monoisotopic (exact) mass is 446 g/mol. The van der Waals surface area contributed by atoms with Crippen LogP contribution in [0.2, 0.25) is 0 Å². The van der Waals surface area contributed by atoms with Gasteiger partial charge in [0.1, 0.15) is 4.88 Å². The van der Waals surface area contributed by atoms with Crippen LogP contribution in [0.1, 0.15) is 44.0 Å². The highest BCUT2D eigenvalue weighted by molar-refractivity contribution is 7.13. The van der Waals surface area contributed by atoms with Gasteiger partial charge in [0.25, 0.3) is 5.91 Å². The number of benzene rings is 1. The molecule has 0 saturated carbocycles. The molecule has 1 saturated heterocycles. The van der Waals surface area contributed by atoms with Gasteiger partial charge in [-0.25, -0.2) is 9.97 Å². The molecule has 164 valence electrons. The molecular formula is C24H26N6OS. The Labute approximate surface area is 190 Å². The van der Waals surface area contributed by atoms with Crippen molar-refractivity contribution in [2.75, 3.05) is 25.0 Å². The third-order valence-corrected chi connectivity index (χ3v) is 7.05. The average Bonchev–Trinajstić information content (AvgIpc) is 3.52. The summed E-state index contributed by atoms with van der Waals surface area (Å²) in [6.45, 7) is 6.08. The quantitative estimate of drug-likeness (QED) is 0.461. The van der Waals surface area contributed by atoms with E-state index in [1.165, 1.54) is 16.9 Å². The van der Waals surface area contributed by atoms with E-state index in [0.29, 0.717) is 6.54 Å². The van der Waals surface area contributed by atoms with Crippen LogP contribution in [0.4, 0.5) is 5.82 Å². The maximum atomic E-state index is 12.9. The zero-order valence-corrected chi connectivity index (χ0v) is 19.1. The first-order valence-electron chi connectivity index (χ1n) is 10.9. The van der Waals surface area contributed by atoms with E-state index in [1.807, 2.05) is 24.8 Å². The molecule has 0 radical (unpaired) electrons. The minimum absolute atomic E-state index is 0.0862. The molecule has 0 aliphatic carbocycles. The molecule has 2 N–H and O–H groups in total. The van der Waals surface area contributed by atoms with E-state index in [2.05, 4.69) is 56.9 Å². The van der Waals surface area contributed by atoms with E-state index in [0.717, 1.165) is 64.1 Å². The number of nitrogens with zero attached hydrogens (tertiary/aromatic N) is 4. The molecular weight excluding hydrogens is 420 g/mol. The number of aryl methyl sites for hydroxylation is 2. The SMILES string of the molecule is Cc1nc(C)c(C(=O)N2CC[C@H](c3ccc4c(NCCc5ccccc5)n[nH]c4n3)C2)s1. The Morgan fingerprint density at radius 2 is 2.03 bits per heavy atom. The molecule has 1 atom stereocenters. The number of H-pyrrole nitrogens is 1. The van der Waals surface area contributed by atoms with Crippen molar-refractivity contribution >= 4 is 34.1 Å². The lowest BCUT2D eigenvalue weighted by Crippen LogP contribution is -2.28. The van der Waals surface area contributed by atoms with Crippen molar-refractivity contribution in [2.24, 2.45) is 0 Å². The maximum absolute atomic E-state index is 12.9. The van der Waals surface area contributed by atoms with Gasteiger partial charge in [-0.1, -0.05) is 30.3 Å². The Morgan fingerprint density at radius 3 is 2.81 bits per heavy atom. The number of hydrogen-bond acceptors (Lipinski definition) is 6. The van der Waals surface area contributed by atoms with Gasteiger partial charge in [0.05, 0.1) is 16.1 Å². The molecule has 7 nitrogen and oxygen atoms in total. The molecule has 5 rings (SSSR count). The standard InChI is InChI=1S/C24H26N6OS/c1-15-21(32-16(2)26-15)24(31)30-13-11-18(14-30)20-9-8-19-22(28-29-23(19)27-20)25-12-10-17-6-4-3-5-7-17/h3-9,18H,10-14H2,1-2H3,(H2,25,27,28,29)/t18-/m0/s1. The maximum Gasteiger partial charge on any atom is 0.265 e. The topological polar surface area (TPSA) is 86.8 Å². The zero-order chi connectivity index (χ0) is 22.1. The van der Waals surface area contributed by atoms with Crippen molar-refractivity contribution in [3.05, 3.63) is 69.3 Å². The predicted molar refractivity (Wildman–Crippen MR) is 127 cm³/mol. The molecule has 0 bridgehead atoms. The number of fused-ring (bicyclic) bond motifs is 1. The van der Waals surface area contributed by atoms with Crippen LogP contribution in [0.15, 0.2) is 42.5 Å². The lowest BCUT2D eigenvalue weighted by atomic mass is 10.0. The number of carbonyl (C=O) groups is 1. The van der Waals surface area contributed by atoms with Gasteiger partial charge in [0, 0.05) is 31.2 Å². The first-order valence-corrected chi connectivity index (χ1v) is 11.8. The van der Waals surface area contributed by atoms with Crippen LogP contribution >= 0.6 is 11.3 Å². The third-order valence-electron chi connectivity index (χ3n) is 5.99. The number of pyridine rings is 1. The Hall–Kier alpha value is -3.26. The molecule has 3 aromatic heterocycles. The summed E-state index contributed by atoms with van der Waals surface area (Å²) < 4.78 is 0. The predicted octanol–water partition coefficient (Wildman–Crippen LogP) is 4.32. The normalized spacial score (nSPS) is 16.1. The fourth-order valence-corrected chi connectivity index (χ4v) is 5.20. The van der Waals surface area contributed by atoms with Crippen molar-refractivity contribution in [2.45, 2.75) is 32.6 Å². The van der Waals surface area contributed by atoms with Crippen LogP contribution < -0.4 is 5.32 Å². The Balaban J connectivity index is 1.24. The number of aromatic amines is 1. The van der Waals surface area contributed by atoms with Crippen molar-refractivity contribution in [3.63, 3.8) is 0 Å². The number of thiazole rings is 1. The van der Waals surface area contributed by atoms with Gasteiger partial charge in [0.15, 0.2) is 11.5 Å². The lowest BCUT2D eigenvalue weighted by Gasteiger charge is -2.15. The molecule has 1 aliphatic heterocycles. The number of hydrogen-bond donors (Lipinski definition) is 2. The fourth-order valence-electron chi connectivity index (χ4n) is 4.31. The zero-order valence-electron chi connectivity index (χ0n) is 18.3. The highest BCUT2D eigenvalue weighted by atomic mass is 32.1. The summed E-state index contributed by atoms with van der Waals surface area (Å²) in [6, 6.07) is 14.6. The first-order chi connectivity index (χ1) is 15.6. The molecule has 0 unspecified atom stereocenters. The molecule has 4 aromatic rings. The van der Waals surface area contributed by atoms with E-state index in [-0.39, 0.29) is 11.8 Å². The molecule has 1 aliphatic rings. The number of aromatic nitrogens is 4. The summed E-state index contributed by atoms with van der Waals surface area (Å²) in [6.07, 6.45) is 1.85. The van der Waals surface area contributed by atoms with E-state index in [9.17, 15) is 4.79 Å². The summed E-state index contributed by atoms with van der Waals surface area (Å²) in [5.41, 5.74) is 3.91. The number of rotatable bonds is 6. The second kappa shape index (κ2) is 8.70. The summed E-state index contributed by atoms with van der Waals surface area (Å²) in [7, 11) is 0. The summed E-state index contributed by atoms with van der Waals surface area (Å²) >= 11 is 1.48. The van der Waals surface area contributed by atoms with E-state index in [4.69, 9.17) is 4.98 Å². The molecule has 32 heavy (non-hydrogen) atoms. The highest BCUT2D eigenvalue weighted by Crippen LogP contribution is 2.30. The minimum atomic E-state index is 0.0862. The van der Waals surface area contributed by atoms with E-state index in [1.54, 1.807) is 0 Å². The molecule has 0 spiro atoms. The van der Waals surface area contributed by atoms with Gasteiger partial charge >= 0.3 is 0 Å². The number of likely N-dealkylation sites (tertiary alicyclic amines) is 1. The fraction of sp³-hybridized carbons (Fsp3) is 0.333. The molecule has 1 aromatic carbocycles. The van der Waals surface area contributed by atoms with Crippen LogP contribution in [0.5, 0.6) is 0 Å². The van der Waals surface area contributed by atoms with Crippen LogP contribution in [-0.4, -0.2) is 50.6 Å². The molecule has 1 fully saturated rings. The van der Waals surface area contributed by atoms with Crippen molar-refractivity contribution in [1.82, 2.24) is 25.1 Å². The van der Waals surface area contributed by atoms with Crippen molar-refractivity contribution in [1.29, 1.82) is 0 Å². The van der Waals surface area contributed by atoms with Gasteiger partial charge in [-0.15, -0.1) is 11.3 Å². The Morgan fingerprint density at radius 1 is 1.19 bits per heavy atom. The number of anilines is 1. The van der Waals surface area contributed by atoms with Crippen molar-refractivity contribution in [3.8, 4) is 0 Å². The third kappa shape index (κ3) is 4.10. The Kier molecular flexibility index (Phi) is 5.61. The average molecular weight is 447 g/mol. The lowest BCUT2D eigenvalue weighted by molar-refractivity contribution is 0.0794. The summed E-state index contributed by atoms with van der Waals surface area (Å²) in [5.74, 6) is 1.15. The number of amides is 1. The van der Waals surface area contributed by atoms with Crippen LogP contribution in [0.3, 0.4) is 0 Å². The van der Waals surface area contributed by atoms with Crippen LogP contribution in [-0.2, 0) is 6.42 Å². The van der Waals surface area contributed by atoms with Gasteiger partial charge in [-0.3, -0.25) is 9.89 Å². The smallest absolute Gasteiger partial charge is 0.265 e. The van der Waals surface area contributed by atoms with Gasteiger partial charge in [0.2, 0.25) is 0 Å². The van der Waals surface area contributed by atoms with Crippen LogP contribution in [0.25, 0.3) is 11.0 Å². The second-order valence-corrected chi connectivity index (χ2v) is 9.45. The van der Waals surface area contributed by atoms with Crippen LogP contribution in [0, 0.1) is 13.8 Å². The first kappa shape index (κ1) is 20.6. The second-order valence-electron chi connectivity index (χ2n) is 8.25. The van der Waals surface area contributed by atoms with Gasteiger partial charge < -0.3 is 10.2 Å². The Bertz CT molecular complexity index is 1250. The van der Waals surface area contributed by atoms with Gasteiger partial charge in [-0.05, 0) is 44.4 Å². The summed E-state index contributed by atoms with van der Waals surface area (Å²) in [5, 5.41) is 12.8. The number of nitrogens with one attached hydrogen (secondary N) is 2. The molecule has 4 heterocycles. The molecule has 1 amide bonds. The summed E-state index contributed by atoms with van der Waals surface area (Å²) in [4.78, 5) is 24.8. The highest BCUT2D eigenvalue weighted by Gasteiger charge is 2.30. The number of carbonyl (C=O) groups excluding carboxylic acids is 1. The van der Waals surface area contributed by atoms with E-state index >= 15 is 0 Å². The molecule has 8 heteroatoms. The minimum Gasteiger partial charge on any atom is -0.368 e. The van der Waals surface area contributed by atoms with Gasteiger partial charge in [-0.2, -0.15) is 5.10 Å². The van der Waals surface area contributed by atoms with E-state index < -0.39 is 0 Å².